The van der Waals surface area contributed by atoms with Crippen molar-refractivity contribution in [3.63, 3.8) is 0 Å². The van der Waals surface area contributed by atoms with Crippen LogP contribution in [-0.4, -0.2) is 64.2 Å². The number of rotatable bonds is 6. The average molecular weight is 452 g/mol. The number of tetrazole rings is 1. The van der Waals surface area contributed by atoms with E-state index in [0.29, 0.717) is 22.9 Å². The fourth-order valence-electron chi connectivity index (χ4n) is 4.22. The Bertz CT molecular complexity index is 1280. The molecule has 1 aliphatic heterocycles. The Kier molecular flexibility index (Phi) is 5.50. The predicted octanol–water partition coefficient (Wildman–Crippen LogP) is 2.33. The van der Waals surface area contributed by atoms with E-state index in [-0.39, 0.29) is 17.3 Å². The van der Waals surface area contributed by atoms with Crippen LogP contribution in [0.2, 0.25) is 0 Å². The molecule has 0 saturated carbocycles. The average Bonchev–Trinajstić information content (AvgIpc) is 3.57. The minimum atomic E-state index is -1.07. The SMILES string of the molecule is CCN1CCCC1Cn1cc(-c2cnc(N)c(-c3nnnn3-c3cccc(F)c3F)c2)nn1. The highest BCUT2D eigenvalue weighted by Gasteiger charge is 2.24. The molecule has 4 heterocycles. The highest BCUT2D eigenvalue weighted by molar-refractivity contribution is 5.75. The standard InChI is InChI=1S/C21H22F2N10/c1-2-31-8-4-5-14(31)11-32-12-17(26-29-32)13-9-15(20(24)25-10-13)21-27-28-30-33(21)18-7-3-6-16(22)19(18)23/h3,6-7,9-10,12,14H,2,4-5,8,11H2,1H3,(H2,24,25). The number of anilines is 1. The van der Waals surface area contributed by atoms with Gasteiger partial charge in [-0.05, 0) is 54.6 Å². The van der Waals surface area contributed by atoms with Crippen LogP contribution in [0.4, 0.5) is 14.6 Å². The maximum atomic E-state index is 14.4. The Labute approximate surface area is 188 Å². The topological polar surface area (TPSA) is 116 Å². The van der Waals surface area contributed by atoms with Gasteiger partial charge in [-0.25, -0.2) is 13.8 Å². The van der Waals surface area contributed by atoms with Crippen LogP contribution in [0.3, 0.4) is 0 Å². The molecule has 33 heavy (non-hydrogen) atoms. The Hall–Kier alpha value is -3.80. The van der Waals surface area contributed by atoms with Crippen molar-refractivity contribution in [1.29, 1.82) is 0 Å². The van der Waals surface area contributed by atoms with E-state index in [1.807, 2.05) is 10.9 Å². The largest absolute Gasteiger partial charge is 0.383 e. The van der Waals surface area contributed by atoms with Crippen molar-refractivity contribution in [3.05, 3.63) is 48.3 Å². The number of likely N-dealkylation sites (tertiary alicyclic amines) is 1. The smallest absolute Gasteiger partial charge is 0.190 e. The van der Waals surface area contributed by atoms with Crippen molar-refractivity contribution >= 4 is 5.82 Å². The molecule has 1 aliphatic rings. The van der Waals surface area contributed by atoms with Gasteiger partial charge < -0.3 is 5.73 Å². The van der Waals surface area contributed by atoms with E-state index in [1.165, 1.54) is 18.6 Å². The molecule has 1 unspecified atom stereocenters. The molecule has 2 N–H and O–H groups in total. The van der Waals surface area contributed by atoms with Crippen LogP contribution in [0.15, 0.2) is 36.7 Å². The van der Waals surface area contributed by atoms with Crippen molar-refractivity contribution in [3.8, 4) is 28.3 Å². The number of hydrogen-bond acceptors (Lipinski definition) is 8. The summed E-state index contributed by atoms with van der Waals surface area (Å²) in [4.78, 5) is 6.68. The molecule has 10 nitrogen and oxygen atoms in total. The molecule has 12 heteroatoms. The van der Waals surface area contributed by atoms with Crippen LogP contribution in [0.25, 0.3) is 28.3 Å². The number of likely N-dealkylation sites (N-methyl/N-ethyl adjacent to an activating group) is 1. The third-order valence-corrected chi connectivity index (χ3v) is 5.93. The van der Waals surface area contributed by atoms with E-state index in [1.54, 1.807) is 12.3 Å². The van der Waals surface area contributed by atoms with Gasteiger partial charge in [0.2, 0.25) is 0 Å². The van der Waals surface area contributed by atoms with Gasteiger partial charge in [-0.1, -0.05) is 18.2 Å². The van der Waals surface area contributed by atoms with E-state index >= 15 is 0 Å². The zero-order chi connectivity index (χ0) is 22.9. The number of halogens is 2. The number of pyridine rings is 1. The molecule has 1 saturated heterocycles. The third kappa shape index (κ3) is 3.93. The lowest BCUT2D eigenvalue weighted by atomic mass is 10.1. The molecule has 1 aromatic carbocycles. The van der Waals surface area contributed by atoms with Crippen molar-refractivity contribution < 1.29 is 8.78 Å². The summed E-state index contributed by atoms with van der Waals surface area (Å²) >= 11 is 0. The van der Waals surface area contributed by atoms with Crippen LogP contribution in [0.1, 0.15) is 19.8 Å². The highest BCUT2D eigenvalue weighted by Crippen LogP contribution is 2.29. The van der Waals surface area contributed by atoms with Crippen LogP contribution >= 0.6 is 0 Å². The molecule has 0 radical (unpaired) electrons. The first kappa shape index (κ1) is 21.1. The monoisotopic (exact) mass is 452 g/mol. The number of hydrogen-bond donors (Lipinski definition) is 1. The van der Waals surface area contributed by atoms with Crippen LogP contribution in [0, 0.1) is 11.6 Å². The van der Waals surface area contributed by atoms with Crippen molar-refractivity contribution in [2.24, 2.45) is 0 Å². The number of benzene rings is 1. The molecule has 170 valence electrons. The zero-order valence-electron chi connectivity index (χ0n) is 17.9. The van der Waals surface area contributed by atoms with E-state index < -0.39 is 11.6 Å². The van der Waals surface area contributed by atoms with Gasteiger partial charge in [-0.3, -0.25) is 9.58 Å². The molecular weight excluding hydrogens is 430 g/mol. The van der Waals surface area contributed by atoms with Gasteiger partial charge in [-0.2, -0.15) is 4.68 Å². The highest BCUT2D eigenvalue weighted by atomic mass is 19.2. The quantitative estimate of drug-likeness (QED) is 0.474. The van der Waals surface area contributed by atoms with Crippen LogP contribution in [0.5, 0.6) is 0 Å². The number of nitrogen functional groups attached to an aromatic ring is 1. The summed E-state index contributed by atoms with van der Waals surface area (Å²) in [6, 6.07) is 5.92. The molecule has 4 aromatic rings. The Morgan fingerprint density at radius 1 is 1.18 bits per heavy atom. The molecule has 0 bridgehead atoms. The summed E-state index contributed by atoms with van der Waals surface area (Å²) in [5.41, 5.74) is 7.58. The molecular formula is C21H22F2N10. The minimum Gasteiger partial charge on any atom is -0.383 e. The Balaban J connectivity index is 1.47. The van der Waals surface area contributed by atoms with Gasteiger partial charge in [-0.15, -0.1) is 10.2 Å². The molecule has 0 spiro atoms. The maximum absolute atomic E-state index is 14.4. The summed E-state index contributed by atoms with van der Waals surface area (Å²) in [6.07, 6.45) is 5.76. The first-order valence-electron chi connectivity index (χ1n) is 10.7. The second-order valence-corrected chi connectivity index (χ2v) is 7.89. The second kappa shape index (κ2) is 8.62. The van der Waals surface area contributed by atoms with Crippen molar-refractivity contribution in [1.82, 2.24) is 45.1 Å². The van der Waals surface area contributed by atoms with Gasteiger partial charge in [0.1, 0.15) is 17.2 Å². The molecule has 3 aromatic heterocycles. The van der Waals surface area contributed by atoms with E-state index in [4.69, 9.17) is 5.73 Å². The lowest BCUT2D eigenvalue weighted by Gasteiger charge is -2.22. The van der Waals surface area contributed by atoms with E-state index in [9.17, 15) is 8.78 Å². The fourth-order valence-corrected chi connectivity index (χ4v) is 4.22. The van der Waals surface area contributed by atoms with Gasteiger partial charge in [0.25, 0.3) is 0 Å². The van der Waals surface area contributed by atoms with Gasteiger partial charge in [0.15, 0.2) is 17.5 Å². The summed E-state index contributed by atoms with van der Waals surface area (Å²) in [5, 5.41) is 20.0. The summed E-state index contributed by atoms with van der Waals surface area (Å²) < 4.78 is 31.0. The molecule has 1 atom stereocenters. The van der Waals surface area contributed by atoms with Crippen molar-refractivity contribution in [2.75, 3.05) is 18.8 Å². The molecule has 1 fully saturated rings. The molecule has 0 amide bonds. The minimum absolute atomic E-state index is 0.128. The van der Waals surface area contributed by atoms with Gasteiger partial charge >= 0.3 is 0 Å². The number of nitrogens with two attached hydrogens (primary N) is 1. The summed E-state index contributed by atoms with van der Waals surface area (Å²) in [6.45, 7) is 5.04. The first-order valence-corrected chi connectivity index (χ1v) is 10.7. The normalized spacial score (nSPS) is 16.5. The second-order valence-electron chi connectivity index (χ2n) is 7.89. The zero-order valence-corrected chi connectivity index (χ0v) is 17.9. The van der Waals surface area contributed by atoms with Gasteiger partial charge in [0, 0.05) is 17.8 Å². The van der Waals surface area contributed by atoms with E-state index in [0.717, 1.165) is 36.8 Å². The number of nitrogens with zero attached hydrogens (tertiary/aromatic N) is 9. The number of aromatic nitrogens is 8. The molecule has 0 aliphatic carbocycles. The fraction of sp³-hybridized carbons (Fsp3) is 0.333. The lowest BCUT2D eigenvalue weighted by Crippen LogP contribution is -2.32. The maximum Gasteiger partial charge on any atom is 0.190 e. The summed E-state index contributed by atoms with van der Waals surface area (Å²) in [7, 11) is 0. The Morgan fingerprint density at radius 2 is 2.06 bits per heavy atom. The lowest BCUT2D eigenvalue weighted by molar-refractivity contribution is 0.237. The van der Waals surface area contributed by atoms with Crippen LogP contribution < -0.4 is 5.73 Å². The molecule has 5 rings (SSSR count). The third-order valence-electron chi connectivity index (χ3n) is 5.93. The summed E-state index contributed by atoms with van der Waals surface area (Å²) in [5.74, 6) is -1.80. The first-order chi connectivity index (χ1) is 16.0. The van der Waals surface area contributed by atoms with Crippen LogP contribution in [-0.2, 0) is 6.54 Å². The predicted molar refractivity (Wildman–Crippen MR) is 116 cm³/mol. The van der Waals surface area contributed by atoms with Gasteiger partial charge in [0.05, 0.1) is 18.3 Å². The van der Waals surface area contributed by atoms with E-state index in [2.05, 4.69) is 42.6 Å². The van der Waals surface area contributed by atoms with Crippen molar-refractivity contribution in [2.45, 2.75) is 32.4 Å². The Morgan fingerprint density at radius 3 is 2.91 bits per heavy atom.